The van der Waals surface area contributed by atoms with E-state index in [0.29, 0.717) is 6.61 Å². The van der Waals surface area contributed by atoms with Crippen LogP contribution in [-0.4, -0.2) is 6.61 Å². The lowest BCUT2D eigenvalue weighted by Gasteiger charge is -2.14. The first-order chi connectivity index (χ1) is 6.56. The molecule has 1 atom stereocenters. The molecule has 1 unspecified atom stereocenters. The van der Waals surface area contributed by atoms with Gasteiger partial charge >= 0.3 is 0 Å². The summed E-state index contributed by atoms with van der Waals surface area (Å²) in [6, 6.07) is 4.29. The summed E-state index contributed by atoms with van der Waals surface area (Å²) in [5.74, 6) is 0.997. The monoisotopic (exact) mass is 193 g/mol. The summed E-state index contributed by atoms with van der Waals surface area (Å²) in [4.78, 5) is 0. The smallest absolute Gasteiger partial charge is 0.125 e. The van der Waals surface area contributed by atoms with Crippen LogP contribution in [-0.2, 0) is 0 Å². The molecular formula is C12H19NO. The van der Waals surface area contributed by atoms with Crippen molar-refractivity contribution in [3.05, 3.63) is 28.8 Å². The van der Waals surface area contributed by atoms with E-state index in [1.807, 2.05) is 13.8 Å². The summed E-state index contributed by atoms with van der Waals surface area (Å²) >= 11 is 0. The summed E-state index contributed by atoms with van der Waals surface area (Å²) in [6.45, 7) is 8.82. The lowest BCUT2D eigenvalue weighted by atomic mass is 10.0. The highest BCUT2D eigenvalue weighted by Crippen LogP contribution is 2.26. The minimum absolute atomic E-state index is 0.0862. The molecule has 1 aromatic rings. The van der Waals surface area contributed by atoms with Gasteiger partial charge in [0.1, 0.15) is 5.75 Å². The van der Waals surface area contributed by atoms with Crippen molar-refractivity contribution in [2.75, 3.05) is 6.61 Å². The Morgan fingerprint density at radius 2 is 1.79 bits per heavy atom. The van der Waals surface area contributed by atoms with Crippen LogP contribution < -0.4 is 10.5 Å². The number of benzene rings is 1. The molecule has 78 valence electrons. The molecule has 0 saturated carbocycles. The molecule has 0 bridgehead atoms. The van der Waals surface area contributed by atoms with Crippen molar-refractivity contribution in [1.82, 2.24) is 0 Å². The molecule has 0 aliphatic carbocycles. The predicted octanol–water partition coefficient (Wildman–Crippen LogP) is 2.72. The normalized spacial score (nSPS) is 12.6. The molecule has 0 aliphatic heterocycles. The quantitative estimate of drug-likeness (QED) is 0.801. The Morgan fingerprint density at radius 1 is 1.29 bits per heavy atom. The maximum absolute atomic E-state index is 5.83. The van der Waals surface area contributed by atoms with Crippen molar-refractivity contribution in [3.8, 4) is 5.75 Å². The minimum atomic E-state index is 0.0862. The zero-order valence-corrected chi connectivity index (χ0v) is 9.42. The Labute approximate surface area is 86.1 Å². The molecule has 14 heavy (non-hydrogen) atoms. The predicted molar refractivity (Wildman–Crippen MR) is 59.7 cm³/mol. The van der Waals surface area contributed by atoms with Crippen molar-refractivity contribution in [3.63, 3.8) is 0 Å². The number of hydrogen-bond donors (Lipinski definition) is 1. The van der Waals surface area contributed by atoms with Gasteiger partial charge < -0.3 is 10.5 Å². The SMILES string of the molecule is CCOc1c(C)cc(C(C)N)cc1C. The molecule has 0 spiro atoms. The van der Waals surface area contributed by atoms with Gasteiger partial charge in [0.2, 0.25) is 0 Å². The number of ether oxygens (including phenoxy) is 1. The van der Waals surface area contributed by atoms with Gasteiger partial charge in [-0.15, -0.1) is 0 Å². The number of rotatable bonds is 3. The highest BCUT2D eigenvalue weighted by atomic mass is 16.5. The average molecular weight is 193 g/mol. The van der Waals surface area contributed by atoms with Crippen LogP contribution in [0.1, 0.15) is 36.6 Å². The second kappa shape index (κ2) is 4.47. The first-order valence-corrected chi connectivity index (χ1v) is 5.05. The molecule has 0 amide bonds. The van der Waals surface area contributed by atoms with E-state index in [4.69, 9.17) is 10.5 Å². The molecular weight excluding hydrogens is 174 g/mol. The largest absolute Gasteiger partial charge is 0.493 e. The van der Waals surface area contributed by atoms with E-state index in [9.17, 15) is 0 Å². The van der Waals surface area contributed by atoms with E-state index >= 15 is 0 Å². The van der Waals surface area contributed by atoms with Crippen LogP contribution in [0.15, 0.2) is 12.1 Å². The first-order valence-electron chi connectivity index (χ1n) is 5.05. The summed E-state index contributed by atoms with van der Waals surface area (Å²) < 4.78 is 5.56. The molecule has 0 saturated heterocycles. The van der Waals surface area contributed by atoms with E-state index in [2.05, 4.69) is 26.0 Å². The molecule has 2 N–H and O–H groups in total. The van der Waals surface area contributed by atoms with Crippen LogP contribution in [0.2, 0.25) is 0 Å². The molecule has 2 heteroatoms. The Bertz CT molecular complexity index is 295. The third-order valence-corrected chi connectivity index (χ3v) is 2.30. The second-order valence-corrected chi connectivity index (χ2v) is 3.71. The molecule has 0 aromatic heterocycles. The van der Waals surface area contributed by atoms with Crippen molar-refractivity contribution in [2.24, 2.45) is 5.73 Å². The summed E-state index contributed by atoms with van der Waals surface area (Å²) in [7, 11) is 0. The fourth-order valence-corrected chi connectivity index (χ4v) is 1.62. The van der Waals surface area contributed by atoms with Gasteiger partial charge in [-0.1, -0.05) is 12.1 Å². The molecule has 1 aromatic carbocycles. The van der Waals surface area contributed by atoms with Gasteiger partial charge in [0.05, 0.1) is 6.61 Å². The van der Waals surface area contributed by atoms with Gasteiger partial charge in [0.25, 0.3) is 0 Å². The van der Waals surface area contributed by atoms with Gasteiger partial charge in [-0.3, -0.25) is 0 Å². The summed E-state index contributed by atoms with van der Waals surface area (Å²) in [5, 5.41) is 0. The van der Waals surface area contributed by atoms with Crippen LogP contribution >= 0.6 is 0 Å². The Morgan fingerprint density at radius 3 is 2.14 bits per heavy atom. The Hall–Kier alpha value is -1.02. The molecule has 1 rings (SSSR count). The summed E-state index contributed by atoms with van der Waals surface area (Å²) in [6.07, 6.45) is 0. The van der Waals surface area contributed by atoms with Gasteiger partial charge in [-0.2, -0.15) is 0 Å². The number of hydrogen-bond acceptors (Lipinski definition) is 2. The third kappa shape index (κ3) is 2.26. The zero-order chi connectivity index (χ0) is 10.7. The molecule has 0 radical (unpaired) electrons. The lowest BCUT2D eigenvalue weighted by Crippen LogP contribution is -2.06. The van der Waals surface area contributed by atoms with E-state index < -0.39 is 0 Å². The van der Waals surface area contributed by atoms with Gasteiger partial charge in [-0.05, 0) is 44.4 Å². The standard InChI is InChI=1S/C12H19NO/c1-5-14-12-8(2)6-11(10(4)13)7-9(12)3/h6-7,10H,5,13H2,1-4H3. The van der Waals surface area contributed by atoms with Crippen LogP contribution in [0.3, 0.4) is 0 Å². The molecule has 2 nitrogen and oxygen atoms in total. The van der Waals surface area contributed by atoms with Crippen LogP contribution in [0.25, 0.3) is 0 Å². The van der Waals surface area contributed by atoms with Crippen molar-refractivity contribution < 1.29 is 4.74 Å². The third-order valence-electron chi connectivity index (χ3n) is 2.30. The lowest BCUT2D eigenvalue weighted by molar-refractivity contribution is 0.335. The van der Waals surface area contributed by atoms with Crippen molar-refractivity contribution >= 4 is 0 Å². The number of nitrogens with two attached hydrogens (primary N) is 1. The van der Waals surface area contributed by atoms with Crippen LogP contribution in [0.4, 0.5) is 0 Å². The Balaban J connectivity index is 3.11. The highest BCUT2D eigenvalue weighted by Gasteiger charge is 2.07. The van der Waals surface area contributed by atoms with Crippen molar-refractivity contribution in [2.45, 2.75) is 33.7 Å². The zero-order valence-electron chi connectivity index (χ0n) is 9.42. The highest BCUT2D eigenvalue weighted by molar-refractivity contribution is 5.44. The fourth-order valence-electron chi connectivity index (χ4n) is 1.62. The van der Waals surface area contributed by atoms with E-state index in [-0.39, 0.29) is 6.04 Å². The van der Waals surface area contributed by atoms with E-state index in [1.165, 1.54) is 16.7 Å². The molecule has 0 aliphatic rings. The fraction of sp³-hybridized carbons (Fsp3) is 0.500. The van der Waals surface area contributed by atoms with Gasteiger partial charge in [-0.25, -0.2) is 0 Å². The van der Waals surface area contributed by atoms with Gasteiger partial charge in [0.15, 0.2) is 0 Å². The van der Waals surface area contributed by atoms with Crippen molar-refractivity contribution in [1.29, 1.82) is 0 Å². The first kappa shape index (κ1) is 11.1. The average Bonchev–Trinajstić information content (AvgIpc) is 2.10. The number of aryl methyl sites for hydroxylation is 2. The molecule has 0 heterocycles. The van der Waals surface area contributed by atoms with Gasteiger partial charge in [0, 0.05) is 6.04 Å². The van der Waals surface area contributed by atoms with E-state index in [1.54, 1.807) is 0 Å². The minimum Gasteiger partial charge on any atom is -0.493 e. The summed E-state index contributed by atoms with van der Waals surface area (Å²) in [5.41, 5.74) is 9.34. The topological polar surface area (TPSA) is 35.2 Å². The van der Waals surface area contributed by atoms with E-state index in [0.717, 1.165) is 5.75 Å². The van der Waals surface area contributed by atoms with Crippen LogP contribution in [0.5, 0.6) is 5.75 Å². The maximum atomic E-state index is 5.83. The molecule has 0 fully saturated rings. The Kier molecular flexibility index (Phi) is 3.53. The maximum Gasteiger partial charge on any atom is 0.125 e. The van der Waals surface area contributed by atoms with Crippen LogP contribution in [0, 0.1) is 13.8 Å². The second-order valence-electron chi connectivity index (χ2n) is 3.71.